The van der Waals surface area contributed by atoms with Crippen LogP contribution < -0.4 is 21.1 Å². The van der Waals surface area contributed by atoms with Crippen LogP contribution in [0.4, 0.5) is 34.5 Å². The molecule has 3 aromatic heterocycles. The summed E-state index contributed by atoms with van der Waals surface area (Å²) >= 11 is 6.40. The molecule has 0 aliphatic carbocycles. The average Bonchev–Trinajstić information content (AvgIpc) is 3.26. The maximum atomic E-state index is 12.6. The number of ether oxygens (including phenoxy) is 1. The van der Waals surface area contributed by atoms with Gasteiger partial charge < -0.3 is 15.8 Å². The first-order chi connectivity index (χ1) is 16.2. The van der Waals surface area contributed by atoms with Crippen molar-refractivity contribution in [2.75, 3.05) is 16.4 Å². The van der Waals surface area contributed by atoms with Crippen LogP contribution in [0.15, 0.2) is 61.1 Å². The number of hydrogen-bond acceptors (Lipinski definition) is 7. The normalized spacial score (nSPS) is 11.2. The quantitative estimate of drug-likeness (QED) is 0.293. The fraction of sp³-hybridized carbons (Fsp3) is 0.0476. The van der Waals surface area contributed by atoms with E-state index in [1.54, 1.807) is 30.3 Å². The molecule has 0 aliphatic heterocycles. The van der Waals surface area contributed by atoms with Gasteiger partial charge in [-0.25, -0.2) is 19.7 Å². The standard InChI is InChI=1S/C21H14ClF3N6O2S/c22-12-7-15(18(26)27-8-12)11-1-3-14(4-2-11)33-20-28-9-13(10-29-20)30-19(32)31-17-6-5-16(34-17)21(23,24)25/h1-10H,(H2,26,27)(H2,30,31,32). The number of carbonyl (C=O) groups excluding carboxylic acids is 1. The Morgan fingerprint density at radius 2 is 1.71 bits per heavy atom. The van der Waals surface area contributed by atoms with Gasteiger partial charge in [-0.1, -0.05) is 23.7 Å². The van der Waals surface area contributed by atoms with Crippen LogP contribution in [0.3, 0.4) is 0 Å². The Morgan fingerprint density at radius 3 is 2.35 bits per heavy atom. The van der Waals surface area contributed by atoms with E-state index in [1.807, 2.05) is 0 Å². The fourth-order valence-electron chi connectivity index (χ4n) is 2.75. The minimum Gasteiger partial charge on any atom is -0.424 e. The van der Waals surface area contributed by atoms with Crippen LogP contribution >= 0.6 is 22.9 Å². The summed E-state index contributed by atoms with van der Waals surface area (Å²) in [6.45, 7) is 0. The molecule has 3 heterocycles. The van der Waals surface area contributed by atoms with E-state index in [1.165, 1.54) is 24.7 Å². The van der Waals surface area contributed by atoms with E-state index >= 15 is 0 Å². The Labute approximate surface area is 199 Å². The smallest absolute Gasteiger partial charge is 0.424 e. The van der Waals surface area contributed by atoms with E-state index in [9.17, 15) is 18.0 Å². The number of thiophene rings is 1. The molecule has 4 rings (SSSR count). The topological polar surface area (TPSA) is 115 Å². The van der Waals surface area contributed by atoms with Gasteiger partial charge in [0.05, 0.1) is 28.1 Å². The average molecular weight is 507 g/mol. The number of hydrogen-bond donors (Lipinski definition) is 3. The number of rotatable bonds is 5. The zero-order valence-electron chi connectivity index (χ0n) is 16.9. The zero-order valence-corrected chi connectivity index (χ0v) is 18.5. The summed E-state index contributed by atoms with van der Waals surface area (Å²) in [5.74, 6) is 0.794. The third-order valence-corrected chi connectivity index (χ3v) is 5.52. The SMILES string of the molecule is Nc1ncc(Cl)cc1-c1ccc(Oc2ncc(NC(=O)Nc3ccc(C(F)(F)F)s3)cn2)cc1. The number of nitrogens with two attached hydrogens (primary N) is 1. The Morgan fingerprint density at radius 1 is 1.00 bits per heavy atom. The number of pyridine rings is 1. The molecular weight excluding hydrogens is 493 g/mol. The predicted molar refractivity (Wildman–Crippen MR) is 123 cm³/mol. The molecule has 4 aromatic rings. The van der Waals surface area contributed by atoms with E-state index in [0.717, 1.165) is 11.6 Å². The van der Waals surface area contributed by atoms with E-state index in [4.69, 9.17) is 22.1 Å². The van der Waals surface area contributed by atoms with Crippen molar-refractivity contribution >= 4 is 45.5 Å². The summed E-state index contributed by atoms with van der Waals surface area (Å²) in [6.07, 6.45) is -0.414. The molecule has 0 radical (unpaired) electrons. The van der Waals surface area contributed by atoms with Gasteiger partial charge in [-0.05, 0) is 35.9 Å². The highest BCUT2D eigenvalue weighted by molar-refractivity contribution is 7.16. The minimum atomic E-state index is -4.47. The number of nitrogens with one attached hydrogen (secondary N) is 2. The summed E-state index contributed by atoms with van der Waals surface area (Å²) in [6, 6.07) is 9.98. The van der Waals surface area contributed by atoms with Crippen LogP contribution in [-0.4, -0.2) is 21.0 Å². The van der Waals surface area contributed by atoms with Gasteiger partial charge in [-0.2, -0.15) is 13.2 Å². The van der Waals surface area contributed by atoms with Crippen molar-refractivity contribution in [1.29, 1.82) is 0 Å². The minimum absolute atomic E-state index is 0.0238. The summed E-state index contributed by atoms with van der Waals surface area (Å²) in [5.41, 5.74) is 7.59. The number of aromatic nitrogens is 3. The van der Waals surface area contributed by atoms with E-state index < -0.39 is 17.1 Å². The monoisotopic (exact) mass is 506 g/mol. The maximum absolute atomic E-state index is 12.6. The largest absolute Gasteiger partial charge is 0.425 e. The van der Waals surface area contributed by atoms with Crippen molar-refractivity contribution in [1.82, 2.24) is 15.0 Å². The summed E-state index contributed by atoms with van der Waals surface area (Å²) in [4.78, 5) is 23.2. The molecule has 1 aromatic carbocycles. The highest BCUT2D eigenvalue weighted by Crippen LogP contribution is 2.36. The molecule has 0 saturated carbocycles. The van der Waals surface area contributed by atoms with Gasteiger partial charge in [0.1, 0.15) is 16.4 Å². The number of carbonyl (C=O) groups is 1. The number of nitrogen functional groups attached to an aromatic ring is 1. The first-order valence-corrected chi connectivity index (χ1v) is 10.6. The second-order valence-corrected chi connectivity index (χ2v) is 8.23. The summed E-state index contributed by atoms with van der Waals surface area (Å²) in [7, 11) is 0. The lowest BCUT2D eigenvalue weighted by Gasteiger charge is -2.08. The number of alkyl halides is 3. The molecule has 174 valence electrons. The second-order valence-electron chi connectivity index (χ2n) is 6.71. The van der Waals surface area contributed by atoms with Crippen LogP contribution in [0.1, 0.15) is 4.88 Å². The second kappa shape index (κ2) is 9.53. The van der Waals surface area contributed by atoms with Crippen molar-refractivity contribution in [3.05, 3.63) is 71.0 Å². The van der Waals surface area contributed by atoms with Gasteiger partial charge in [-0.15, -0.1) is 11.3 Å². The van der Waals surface area contributed by atoms with Crippen LogP contribution in [0, 0.1) is 0 Å². The molecule has 0 atom stereocenters. The van der Waals surface area contributed by atoms with Crippen molar-refractivity contribution in [2.24, 2.45) is 0 Å². The van der Waals surface area contributed by atoms with Crippen LogP contribution in [0.2, 0.25) is 5.02 Å². The molecule has 8 nitrogen and oxygen atoms in total. The first kappa shape index (κ1) is 23.3. The molecule has 0 spiro atoms. The third-order valence-electron chi connectivity index (χ3n) is 4.27. The van der Waals surface area contributed by atoms with Crippen LogP contribution in [0.5, 0.6) is 11.8 Å². The van der Waals surface area contributed by atoms with Crippen molar-refractivity contribution in [3.63, 3.8) is 0 Å². The van der Waals surface area contributed by atoms with Gasteiger partial charge in [-0.3, -0.25) is 5.32 Å². The van der Waals surface area contributed by atoms with E-state index in [-0.39, 0.29) is 16.7 Å². The molecule has 0 fully saturated rings. The van der Waals surface area contributed by atoms with E-state index in [0.29, 0.717) is 33.5 Å². The molecule has 13 heteroatoms. The molecule has 0 unspecified atom stereocenters. The zero-order chi connectivity index (χ0) is 24.3. The highest BCUT2D eigenvalue weighted by atomic mass is 35.5. The predicted octanol–water partition coefficient (Wildman–Crippen LogP) is 6.29. The van der Waals surface area contributed by atoms with E-state index in [2.05, 4.69) is 25.6 Å². The number of halogens is 4. The lowest BCUT2D eigenvalue weighted by molar-refractivity contribution is -0.134. The van der Waals surface area contributed by atoms with Crippen molar-refractivity contribution in [3.8, 4) is 22.9 Å². The molecular formula is C21H14ClF3N6O2S. The Kier molecular flexibility index (Phi) is 6.52. The summed E-state index contributed by atoms with van der Waals surface area (Å²) < 4.78 is 43.5. The van der Waals surface area contributed by atoms with Gasteiger partial charge in [0.25, 0.3) is 0 Å². The summed E-state index contributed by atoms with van der Waals surface area (Å²) in [5, 5.41) is 5.26. The molecule has 4 N–H and O–H groups in total. The first-order valence-electron chi connectivity index (χ1n) is 9.44. The van der Waals surface area contributed by atoms with Crippen LogP contribution in [-0.2, 0) is 6.18 Å². The molecule has 0 saturated heterocycles. The molecule has 0 bridgehead atoms. The number of nitrogens with zero attached hydrogens (tertiary/aromatic N) is 3. The lowest BCUT2D eigenvalue weighted by Crippen LogP contribution is -2.19. The molecule has 0 aliphatic rings. The van der Waals surface area contributed by atoms with Crippen molar-refractivity contribution in [2.45, 2.75) is 6.18 Å². The van der Waals surface area contributed by atoms with Gasteiger partial charge in [0, 0.05) is 11.8 Å². The van der Waals surface area contributed by atoms with Crippen molar-refractivity contribution < 1.29 is 22.7 Å². The number of urea groups is 1. The van der Waals surface area contributed by atoms with Gasteiger partial charge >= 0.3 is 18.2 Å². The Balaban J connectivity index is 1.35. The number of benzene rings is 1. The van der Waals surface area contributed by atoms with Crippen LogP contribution in [0.25, 0.3) is 11.1 Å². The fourth-order valence-corrected chi connectivity index (χ4v) is 3.68. The third kappa shape index (κ3) is 5.71. The molecule has 2 amide bonds. The Hall–Kier alpha value is -3.90. The molecule has 34 heavy (non-hydrogen) atoms. The number of amides is 2. The number of anilines is 3. The van der Waals surface area contributed by atoms with Gasteiger partial charge in [0.15, 0.2) is 0 Å². The Bertz CT molecular complexity index is 1310. The lowest BCUT2D eigenvalue weighted by atomic mass is 10.1. The highest BCUT2D eigenvalue weighted by Gasteiger charge is 2.32. The van der Waals surface area contributed by atoms with Gasteiger partial charge in [0.2, 0.25) is 0 Å². The maximum Gasteiger partial charge on any atom is 0.425 e.